The fraction of sp³-hybridized carbons (Fsp3) is 0.869. The summed E-state index contributed by atoms with van der Waals surface area (Å²) in [6.45, 7) is 7.84. The molecule has 0 N–H and O–H groups in total. The zero-order valence-electron chi connectivity index (χ0n) is 44.7. The van der Waals surface area contributed by atoms with Crippen LogP contribution in [-0.4, -0.2) is 37.9 Å². The molecule has 0 spiro atoms. The minimum atomic E-state index is -0.536. The summed E-state index contributed by atoms with van der Waals surface area (Å²) in [6, 6.07) is 0. The summed E-state index contributed by atoms with van der Waals surface area (Å²) in [5, 5.41) is 0. The van der Waals surface area contributed by atoms with E-state index in [0.29, 0.717) is 19.4 Å². The van der Waals surface area contributed by atoms with E-state index in [1.807, 2.05) is 0 Å². The molecule has 66 heavy (non-hydrogen) atoms. The monoisotopic (exact) mass is 927 g/mol. The largest absolute Gasteiger partial charge is 0.462 e. The van der Waals surface area contributed by atoms with Gasteiger partial charge in [-0.05, 0) is 57.8 Å². The molecule has 0 fully saturated rings. The average molecular weight is 928 g/mol. The predicted octanol–water partition coefficient (Wildman–Crippen LogP) is 20.1. The number of unbranched alkanes of at least 4 members (excludes halogenated alkanes) is 38. The van der Waals surface area contributed by atoms with Gasteiger partial charge in [0.1, 0.15) is 6.61 Å². The number of carbonyl (C=O) groups is 2. The molecule has 0 aromatic heterocycles. The molecule has 0 radical (unpaired) electrons. The molecule has 0 amide bonds. The molecule has 0 heterocycles. The lowest BCUT2D eigenvalue weighted by Crippen LogP contribution is -2.30. The highest BCUT2D eigenvalue weighted by atomic mass is 16.6. The Labute approximate surface area is 412 Å². The van der Waals surface area contributed by atoms with Crippen LogP contribution in [0.1, 0.15) is 316 Å². The van der Waals surface area contributed by atoms with E-state index in [9.17, 15) is 9.59 Å². The van der Waals surface area contributed by atoms with Gasteiger partial charge in [0.25, 0.3) is 0 Å². The van der Waals surface area contributed by atoms with Gasteiger partial charge < -0.3 is 14.2 Å². The Balaban J connectivity index is 4.22. The molecule has 0 aliphatic rings. The molecule has 388 valence electrons. The van der Waals surface area contributed by atoms with Gasteiger partial charge in [-0.2, -0.15) is 0 Å². The van der Waals surface area contributed by atoms with Crippen molar-refractivity contribution in [2.45, 2.75) is 322 Å². The second-order valence-electron chi connectivity index (χ2n) is 19.9. The van der Waals surface area contributed by atoms with Crippen molar-refractivity contribution in [2.24, 2.45) is 0 Å². The first-order chi connectivity index (χ1) is 32.6. The first kappa shape index (κ1) is 64.1. The fourth-order valence-corrected chi connectivity index (χ4v) is 8.76. The van der Waals surface area contributed by atoms with Crippen LogP contribution in [-0.2, 0) is 23.8 Å². The fourth-order valence-electron chi connectivity index (χ4n) is 8.76. The normalized spacial score (nSPS) is 12.3. The summed E-state index contributed by atoms with van der Waals surface area (Å²) in [5.74, 6) is -0.381. The van der Waals surface area contributed by atoms with Gasteiger partial charge in [0.15, 0.2) is 6.10 Å². The molecule has 0 saturated carbocycles. The average Bonchev–Trinajstić information content (AvgIpc) is 3.32. The molecule has 0 aliphatic heterocycles. The van der Waals surface area contributed by atoms with E-state index in [1.165, 1.54) is 231 Å². The Hall–Kier alpha value is -1.88. The lowest BCUT2D eigenvalue weighted by molar-refractivity contribution is -0.163. The van der Waals surface area contributed by atoms with Crippen molar-refractivity contribution in [1.29, 1.82) is 0 Å². The van der Waals surface area contributed by atoms with Crippen LogP contribution in [0.5, 0.6) is 0 Å². The van der Waals surface area contributed by atoms with Crippen LogP contribution in [0.25, 0.3) is 0 Å². The molecule has 0 bridgehead atoms. The number of hydrogen-bond donors (Lipinski definition) is 0. The molecule has 0 aliphatic carbocycles. The second-order valence-corrected chi connectivity index (χ2v) is 19.9. The summed E-state index contributed by atoms with van der Waals surface area (Å²) in [5.41, 5.74) is 0. The van der Waals surface area contributed by atoms with E-state index in [1.54, 1.807) is 0 Å². The van der Waals surface area contributed by atoms with E-state index in [4.69, 9.17) is 14.2 Å². The third kappa shape index (κ3) is 54.7. The molecule has 0 rings (SSSR count). The molecule has 0 aromatic rings. The summed E-state index contributed by atoms with van der Waals surface area (Å²) in [7, 11) is 0. The van der Waals surface area contributed by atoms with Crippen molar-refractivity contribution < 1.29 is 23.8 Å². The third-order valence-corrected chi connectivity index (χ3v) is 13.2. The van der Waals surface area contributed by atoms with Crippen LogP contribution in [0.2, 0.25) is 0 Å². The molecule has 5 nitrogen and oxygen atoms in total. The minimum absolute atomic E-state index is 0.0882. The van der Waals surface area contributed by atoms with Crippen LogP contribution in [0.15, 0.2) is 36.5 Å². The Morgan fingerprint density at radius 2 is 0.636 bits per heavy atom. The number of carbonyl (C=O) groups excluding carboxylic acids is 2. The minimum Gasteiger partial charge on any atom is -0.462 e. The van der Waals surface area contributed by atoms with Gasteiger partial charge in [-0.3, -0.25) is 9.59 Å². The quantitative estimate of drug-likeness (QED) is 0.0345. The molecule has 1 atom stereocenters. The van der Waals surface area contributed by atoms with E-state index in [-0.39, 0.29) is 25.2 Å². The number of hydrogen-bond acceptors (Lipinski definition) is 5. The Morgan fingerprint density at radius 3 is 1.05 bits per heavy atom. The second kappa shape index (κ2) is 57.4. The summed E-state index contributed by atoms with van der Waals surface area (Å²) >= 11 is 0. The number of rotatable bonds is 55. The Morgan fingerprint density at radius 1 is 0.333 bits per heavy atom. The van der Waals surface area contributed by atoms with Crippen LogP contribution in [0.3, 0.4) is 0 Å². The molecular weight excluding hydrogens is 813 g/mol. The molecule has 0 aromatic carbocycles. The lowest BCUT2D eigenvalue weighted by Gasteiger charge is -2.18. The van der Waals surface area contributed by atoms with Crippen molar-refractivity contribution in [3.05, 3.63) is 36.5 Å². The Kier molecular flexibility index (Phi) is 55.8. The maximum absolute atomic E-state index is 12.8. The SMILES string of the molecule is CCCCC/C=C\C/C=C\C/C=C\CCCCCCCCCOCC(COC(=O)CCCCCCCCCCCCCCCCCCC)OC(=O)CCCCCCCCCCCCCCC. The van der Waals surface area contributed by atoms with Crippen LogP contribution in [0.4, 0.5) is 0 Å². The van der Waals surface area contributed by atoms with E-state index in [2.05, 4.69) is 57.2 Å². The zero-order chi connectivity index (χ0) is 47.7. The Bertz CT molecular complexity index is 1050. The van der Waals surface area contributed by atoms with E-state index < -0.39 is 6.10 Å². The number of allylic oxidation sites excluding steroid dienone is 6. The van der Waals surface area contributed by atoms with E-state index in [0.717, 1.165) is 51.4 Å². The van der Waals surface area contributed by atoms with Gasteiger partial charge in [0, 0.05) is 19.4 Å². The highest BCUT2D eigenvalue weighted by Crippen LogP contribution is 2.17. The first-order valence-electron chi connectivity index (χ1n) is 29.5. The van der Waals surface area contributed by atoms with Crippen LogP contribution in [0, 0.1) is 0 Å². The van der Waals surface area contributed by atoms with Crippen LogP contribution >= 0.6 is 0 Å². The van der Waals surface area contributed by atoms with Crippen molar-refractivity contribution in [3.8, 4) is 0 Å². The van der Waals surface area contributed by atoms with Gasteiger partial charge in [-0.25, -0.2) is 0 Å². The standard InChI is InChI=1S/C61H114O5/c1-4-7-10-13-16-19-22-25-27-29-30-31-33-35-38-41-44-47-50-53-56-64-57-59(66-61(63)55-52-49-46-43-40-36-24-21-18-15-12-9-6-3)58-65-60(62)54-51-48-45-42-39-37-34-32-28-26-23-20-17-14-11-8-5-2/h16,19,25,27,30-31,59H,4-15,17-18,20-24,26,28-29,32-58H2,1-3H3/b19-16-,27-25-,31-30-. The summed E-state index contributed by atoms with van der Waals surface area (Å²) < 4.78 is 17.5. The molecule has 1 unspecified atom stereocenters. The van der Waals surface area contributed by atoms with Gasteiger partial charge in [-0.1, -0.05) is 282 Å². The maximum Gasteiger partial charge on any atom is 0.306 e. The highest BCUT2D eigenvalue weighted by molar-refractivity contribution is 5.70. The smallest absolute Gasteiger partial charge is 0.306 e. The predicted molar refractivity (Wildman–Crippen MR) is 288 cm³/mol. The van der Waals surface area contributed by atoms with Gasteiger partial charge >= 0.3 is 11.9 Å². The molecule has 0 saturated heterocycles. The van der Waals surface area contributed by atoms with Crippen molar-refractivity contribution in [3.63, 3.8) is 0 Å². The number of esters is 2. The zero-order valence-corrected chi connectivity index (χ0v) is 44.7. The van der Waals surface area contributed by atoms with Gasteiger partial charge in [0.2, 0.25) is 0 Å². The summed E-state index contributed by atoms with van der Waals surface area (Å²) in [6.07, 6.45) is 70.2. The van der Waals surface area contributed by atoms with Crippen molar-refractivity contribution in [2.75, 3.05) is 19.8 Å². The van der Waals surface area contributed by atoms with E-state index >= 15 is 0 Å². The topological polar surface area (TPSA) is 61.8 Å². The lowest BCUT2D eigenvalue weighted by atomic mass is 10.0. The molecule has 5 heteroatoms. The summed E-state index contributed by atoms with van der Waals surface area (Å²) in [4.78, 5) is 25.5. The van der Waals surface area contributed by atoms with Gasteiger partial charge in [0.05, 0.1) is 6.61 Å². The molecular formula is C61H114O5. The van der Waals surface area contributed by atoms with Gasteiger partial charge in [-0.15, -0.1) is 0 Å². The van der Waals surface area contributed by atoms with Crippen LogP contribution < -0.4 is 0 Å². The maximum atomic E-state index is 12.8. The third-order valence-electron chi connectivity index (χ3n) is 13.2. The highest BCUT2D eigenvalue weighted by Gasteiger charge is 2.17. The van der Waals surface area contributed by atoms with Crippen molar-refractivity contribution in [1.82, 2.24) is 0 Å². The van der Waals surface area contributed by atoms with Crippen molar-refractivity contribution >= 4 is 11.9 Å². The first-order valence-corrected chi connectivity index (χ1v) is 29.5. The number of ether oxygens (including phenoxy) is 3.